The molecule has 1 atom stereocenters. The minimum atomic E-state index is -0.312. The Morgan fingerprint density at radius 1 is 1.54 bits per heavy atom. The average molecular weight is 179 g/mol. The van der Waals surface area contributed by atoms with Crippen molar-refractivity contribution in [3.63, 3.8) is 0 Å². The monoisotopic (exact) mass is 179 g/mol. The quantitative estimate of drug-likeness (QED) is 0.661. The van der Waals surface area contributed by atoms with Crippen molar-refractivity contribution in [2.24, 2.45) is 0 Å². The zero-order valence-corrected chi connectivity index (χ0v) is 7.30. The van der Waals surface area contributed by atoms with Crippen LogP contribution >= 0.6 is 0 Å². The Kier molecular flexibility index (Phi) is 1.79. The van der Waals surface area contributed by atoms with Gasteiger partial charge in [0.15, 0.2) is 5.78 Å². The van der Waals surface area contributed by atoms with Crippen molar-refractivity contribution in [2.75, 3.05) is 5.32 Å². The summed E-state index contributed by atoms with van der Waals surface area (Å²) in [6.45, 7) is 1.91. The molecule has 2 nitrogen and oxygen atoms in total. The van der Waals surface area contributed by atoms with Crippen molar-refractivity contribution < 1.29 is 9.18 Å². The van der Waals surface area contributed by atoms with Crippen LogP contribution in [0.5, 0.6) is 0 Å². The van der Waals surface area contributed by atoms with Gasteiger partial charge in [0.25, 0.3) is 0 Å². The molecule has 0 aromatic heterocycles. The molecule has 0 radical (unpaired) electrons. The molecule has 0 fully saturated rings. The van der Waals surface area contributed by atoms with Gasteiger partial charge in [-0.05, 0) is 25.1 Å². The molecule has 2 rings (SSSR count). The topological polar surface area (TPSA) is 29.1 Å². The predicted octanol–water partition coefficient (Wildman–Crippen LogP) is 2.21. The summed E-state index contributed by atoms with van der Waals surface area (Å²) in [6, 6.07) is 4.31. The third-order valence-electron chi connectivity index (χ3n) is 2.18. The molecule has 0 saturated carbocycles. The maximum absolute atomic E-state index is 12.8. The Balaban J connectivity index is 2.49. The van der Waals surface area contributed by atoms with E-state index in [1.54, 1.807) is 0 Å². The van der Waals surface area contributed by atoms with Gasteiger partial charge < -0.3 is 5.32 Å². The molecule has 68 valence electrons. The summed E-state index contributed by atoms with van der Waals surface area (Å²) in [4.78, 5) is 11.4. The van der Waals surface area contributed by atoms with Gasteiger partial charge in [-0.3, -0.25) is 4.79 Å². The molecule has 0 saturated heterocycles. The Hall–Kier alpha value is -1.38. The van der Waals surface area contributed by atoms with Crippen molar-refractivity contribution in [1.82, 2.24) is 0 Å². The lowest BCUT2D eigenvalue weighted by Crippen LogP contribution is -2.26. The second kappa shape index (κ2) is 2.83. The molecule has 1 aromatic carbocycles. The van der Waals surface area contributed by atoms with Gasteiger partial charge >= 0.3 is 0 Å². The van der Waals surface area contributed by atoms with Crippen LogP contribution in [0.25, 0.3) is 0 Å². The first-order valence-corrected chi connectivity index (χ1v) is 4.26. The van der Waals surface area contributed by atoms with Crippen LogP contribution in [0.4, 0.5) is 10.1 Å². The van der Waals surface area contributed by atoms with E-state index in [4.69, 9.17) is 0 Å². The highest BCUT2D eigenvalue weighted by atomic mass is 19.1. The van der Waals surface area contributed by atoms with Gasteiger partial charge in [-0.25, -0.2) is 4.39 Å². The fraction of sp³-hybridized carbons (Fsp3) is 0.300. The van der Waals surface area contributed by atoms with E-state index in [0.29, 0.717) is 17.7 Å². The predicted molar refractivity (Wildman–Crippen MR) is 48.4 cm³/mol. The van der Waals surface area contributed by atoms with E-state index in [9.17, 15) is 9.18 Å². The summed E-state index contributed by atoms with van der Waals surface area (Å²) in [5.74, 6) is -0.227. The highest BCUT2D eigenvalue weighted by Gasteiger charge is 2.21. The highest BCUT2D eigenvalue weighted by Crippen LogP contribution is 2.25. The van der Waals surface area contributed by atoms with Crippen LogP contribution in [0.1, 0.15) is 23.7 Å². The first kappa shape index (κ1) is 8.23. The minimum absolute atomic E-state index is 0.0845. The SMILES string of the molecule is CC1CC(=O)c2ccc(F)cc2N1. The van der Waals surface area contributed by atoms with E-state index < -0.39 is 0 Å². The summed E-state index contributed by atoms with van der Waals surface area (Å²) in [5.41, 5.74) is 1.21. The first-order chi connectivity index (χ1) is 6.16. The van der Waals surface area contributed by atoms with Crippen LogP contribution in [0.2, 0.25) is 0 Å². The summed E-state index contributed by atoms with van der Waals surface area (Å²) in [5, 5.41) is 3.07. The van der Waals surface area contributed by atoms with Gasteiger partial charge in [-0.15, -0.1) is 0 Å². The van der Waals surface area contributed by atoms with Crippen LogP contribution < -0.4 is 5.32 Å². The maximum atomic E-state index is 12.8. The maximum Gasteiger partial charge on any atom is 0.166 e. The van der Waals surface area contributed by atoms with Crippen molar-refractivity contribution in [2.45, 2.75) is 19.4 Å². The van der Waals surface area contributed by atoms with Crippen molar-refractivity contribution in [1.29, 1.82) is 0 Å². The van der Waals surface area contributed by atoms with Crippen LogP contribution in [0.3, 0.4) is 0 Å². The highest BCUT2D eigenvalue weighted by molar-refractivity contribution is 6.03. The van der Waals surface area contributed by atoms with Gasteiger partial charge in [0.05, 0.1) is 0 Å². The zero-order chi connectivity index (χ0) is 9.42. The smallest absolute Gasteiger partial charge is 0.166 e. The lowest BCUT2D eigenvalue weighted by atomic mass is 9.98. The summed E-state index contributed by atoms with van der Waals surface area (Å²) in [6.07, 6.45) is 0.485. The second-order valence-corrected chi connectivity index (χ2v) is 3.36. The second-order valence-electron chi connectivity index (χ2n) is 3.36. The lowest BCUT2D eigenvalue weighted by molar-refractivity contribution is 0.0974. The van der Waals surface area contributed by atoms with Crippen molar-refractivity contribution >= 4 is 11.5 Å². The molecule has 1 heterocycles. The standard InChI is InChI=1S/C10H10FNO/c1-6-4-10(13)8-3-2-7(11)5-9(8)12-6/h2-3,5-6,12H,4H2,1H3. The van der Waals surface area contributed by atoms with E-state index in [1.165, 1.54) is 18.2 Å². The number of hydrogen-bond acceptors (Lipinski definition) is 2. The Morgan fingerprint density at radius 3 is 3.08 bits per heavy atom. The average Bonchev–Trinajstić information content (AvgIpc) is 2.02. The van der Waals surface area contributed by atoms with Crippen LogP contribution in [-0.2, 0) is 0 Å². The number of anilines is 1. The summed E-state index contributed by atoms with van der Waals surface area (Å²) < 4.78 is 12.8. The first-order valence-electron chi connectivity index (χ1n) is 4.26. The molecule has 1 N–H and O–H groups in total. The number of rotatable bonds is 0. The molecule has 13 heavy (non-hydrogen) atoms. The molecule has 0 spiro atoms. The van der Waals surface area contributed by atoms with Gasteiger partial charge in [0.2, 0.25) is 0 Å². The van der Waals surface area contributed by atoms with Crippen molar-refractivity contribution in [3.05, 3.63) is 29.6 Å². The molecule has 0 bridgehead atoms. The van der Waals surface area contributed by atoms with Gasteiger partial charge in [-0.2, -0.15) is 0 Å². The van der Waals surface area contributed by atoms with Crippen LogP contribution in [0.15, 0.2) is 18.2 Å². The number of ketones is 1. The molecule has 0 aliphatic carbocycles. The van der Waals surface area contributed by atoms with E-state index in [-0.39, 0.29) is 17.6 Å². The Morgan fingerprint density at radius 2 is 2.31 bits per heavy atom. The number of carbonyl (C=O) groups excluding carboxylic acids is 1. The van der Waals surface area contributed by atoms with E-state index >= 15 is 0 Å². The number of fused-ring (bicyclic) bond motifs is 1. The molecule has 0 amide bonds. The summed E-state index contributed by atoms with van der Waals surface area (Å²) >= 11 is 0. The van der Waals surface area contributed by atoms with Gasteiger partial charge in [0, 0.05) is 23.7 Å². The molecule has 1 unspecified atom stereocenters. The van der Waals surface area contributed by atoms with E-state index in [0.717, 1.165) is 0 Å². The fourth-order valence-electron chi connectivity index (χ4n) is 1.58. The molecule has 1 aromatic rings. The van der Waals surface area contributed by atoms with E-state index in [1.807, 2.05) is 6.92 Å². The zero-order valence-electron chi connectivity index (χ0n) is 7.30. The van der Waals surface area contributed by atoms with Crippen LogP contribution in [0, 0.1) is 5.82 Å². The third kappa shape index (κ3) is 1.41. The number of Topliss-reactive ketones (excluding diaryl/α,β-unsaturated/α-hetero) is 1. The molecule has 3 heteroatoms. The Labute approximate surface area is 75.8 Å². The number of benzene rings is 1. The lowest BCUT2D eigenvalue weighted by Gasteiger charge is -2.22. The largest absolute Gasteiger partial charge is 0.381 e. The minimum Gasteiger partial charge on any atom is -0.381 e. The molecular formula is C10H10FNO. The summed E-state index contributed by atoms with van der Waals surface area (Å²) in [7, 11) is 0. The number of nitrogens with one attached hydrogen (secondary N) is 1. The van der Waals surface area contributed by atoms with Crippen molar-refractivity contribution in [3.8, 4) is 0 Å². The number of halogens is 1. The molecule has 1 aliphatic heterocycles. The third-order valence-corrected chi connectivity index (χ3v) is 2.18. The molecular weight excluding hydrogens is 169 g/mol. The fourth-order valence-corrected chi connectivity index (χ4v) is 1.58. The molecule has 1 aliphatic rings. The van der Waals surface area contributed by atoms with Gasteiger partial charge in [-0.1, -0.05) is 0 Å². The van der Waals surface area contributed by atoms with Gasteiger partial charge in [0.1, 0.15) is 5.82 Å². The number of hydrogen-bond donors (Lipinski definition) is 1. The Bertz CT molecular complexity index is 362. The number of carbonyl (C=O) groups is 1. The normalized spacial score (nSPS) is 20.8. The van der Waals surface area contributed by atoms with E-state index in [2.05, 4.69) is 5.32 Å². The van der Waals surface area contributed by atoms with Crippen LogP contribution in [-0.4, -0.2) is 11.8 Å².